The van der Waals surface area contributed by atoms with Crippen LogP contribution in [-0.2, 0) is 14.4 Å². The summed E-state index contributed by atoms with van der Waals surface area (Å²) in [5, 5.41) is 2.51. The first-order chi connectivity index (χ1) is 10.5. The predicted molar refractivity (Wildman–Crippen MR) is 81.7 cm³/mol. The highest BCUT2D eigenvalue weighted by Gasteiger charge is 2.24. The molecule has 1 saturated heterocycles. The van der Waals surface area contributed by atoms with Gasteiger partial charge in [0.05, 0.1) is 18.2 Å². The molecule has 0 bridgehead atoms. The third-order valence-electron chi connectivity index (χ3n) is 3.07. The summed E-state index contributed by atoms with van der Waals surface area (Å²) in [5.74, 6) is -0.387. The monoisotopic (exact) mass is 325 g/mol. The molecule has 0 spiro atoms. The predicted octanol–water partition coefficient (Wildman–Crippen LogP) is 0.755. The molecule has 1 aliphatic rings. The molecule has 2 rings (SSSR count). The number of thioether (sulfide) groups is 1. The maximum atomic E-state index is 13.0. The molecule has 3 amide bonds. The molecule has 0 unspecified atom stereocenters. The van der Waals surface area contributed by atoms with Crippen LogP contribution in [-0.4, -0.2) is 59.3 Å². The lowest BCUT2D eigenvalue weighted by Gasteiger charge is -2.20. The molecule has 0 atom stereocenters. The topological polar surface area (TPSA) is 69.7 Å². The molecular weight excluding hydrogens is 309 g/mol. The Morgan fingerprint density at radius 2 is 2.23 bits per heavy atom. The third kappa shape index (κ3) is 4.45. The molecule has 0 radical (unpaired) electrons. The van der Waals surface area contributed by atoms with Crippen molar-refractivity contribution in [2.75, 3.05) is 37.1 Å². The zero-order chi connectivity index (χ0) is 16.1. The van der Waals surface area contributed by atoms with E-state index < -0.39 is 11.7 Å². The smallest absolute Gasteiger partial charge is 0.243 e. The first kappa shape index (κ1) is 16.3. The Morgan fingerprint density at radius 1 is 1.45 bits per heavy atom. The number of carbonyl (C=O) groups is 3. The van der Waals surface area contributed by atoms with Crippen molar-refractivity contribution >= 4 is 35.2 Å². The summed E-state index contributed by atoms with van der Waals surface area (Å²) in [4.78, 5) is 37.9. The van der Waals surface area contributed by atoms with E-state index >= 15 is 0 Å². The molecule has 6 nitrogen and oxygen atoms in total. The minimum Gasteiger partial charge on any atom is -0.335 e. The molecule has 8 heteroatoms. The first-order valence-corrected chi connectivity index (χ1v) is 7.76. The van der Waals surface area contributed by atoms with Crippen molar-refractivity contribution in [3.63, 3.8) is 0 Å². The molecule has 0 aromatic heterocycles. The van der Waals surface area contributed by atoms with Gasteiger partial charge in [-0.15, -0.1) is 11.8 Å². The number of anilines is 1. The van der Waals surface area contributed by atoms with Crippen LogP contribution in [0.25, 0.3) is 0 Å². The van der Waals surface area contributed by atoms with Gasteiger partial charge >= 0.3 is 0 Å². The fourth-order valence-corrected chi connectivity index (χ4v) is 2.80. The van der Waals surface area contributed by atoms with E-state index in [4.69, 9.17) is 0 Å². The average Bonchev–Trinajstić information content (AvgIpc) is 2.84. The van der Waals surface area contributed by atoms with Crippen LogP contribution in [0.1, 0.15) is 0 Å². The number of hydrogen-bond donors (Lipinski definition) is 1. The van der Waals surface area contributed by atoms with E-state index in [0.29, 0.717) is 17.3 Å². The summed E-state index contributed by atoms with van der Waals surface area (Å²) < 4.78 is 13.0. The van der Waals surface area contributed by atoms with Gasteiger partial charge in [-0.2, -0.15) is 0 Å². The Hall–Kier alpha value is -2.09. The first-order valence-electron chi connectivity index (χ1n) is 6.60. The van der Waals surface area contributed by atoms with Crippen LogP contribution in [0.4, 0.5) is 10.1 Å². The Labute approximate surface area is 131 Å². The van der Waals surface area contributed by atoms with Gasteiger partial charge in [0.1, 0.15) is 12.4 Å². The fourth-order valence-electron chi connectivity index (χ4n) is 1.89. The fraction of sp³-hybridized carbons (Fsp3) is 0.357. The van der Waals surface area contributed by atoms with Crippen LogP contribution >= 0.6 is 11.8 Å². The van der Waals surface area contributed by atoms with E-state index in [9.17, 15) is 18.8 Å². The summed E-state index contributed by atoms with van der Waals surface area (Å²) in [6, 6.07) is 5.51. The third-order valence-corrected chi connectivity index (χ3v) is 4.01. The van der Waals surface area contributed by atoms with Gasteiger partial charge in [0.25, 0.3) is 0 Å². The van der Waals surface area contributed by atoms with Gasteiger partial charge in [-0.05, 0) is 18.2 Å². The van der Waals surface area contributed by atoms with E-state index in [1.807, 2.05) is 0 Å². The minimum atomic E-state index is -0.452. The highest BCUT2D eigenvalue weighted by atomic mass is 32.2. The van der Waals surface area contributed by atoms with Crippen LogP contribution < -0.4 is 5.32 Å². The van der Waals surface area contributed by atoms with Gasteiger partial charge in [0.15, 0.2) is 0 Å². The molecule has 0 aliphatic carbocycles. The molecule has 1 N–H and O–H groups in total. The van der Waals surface area contributed by atoms with Gasteiger partial charge < -0.3 is 15.1 Å². The number of likely N-dealkylation sites (N-methyl/N-ethyl adjacent to an activating group) is 1. The number of nitrogens with one attached hydrogen (secondary N) is 1. The number of halogens is 1. The molecule has 1 aliphatic heterocycles. The number of rotatable bonds is 5. The maximum absolute atomic E-state index is 13.0. The summed E-state index contributed by atoms with van der Waals surface area (Å²) in [6.45, 7) is -0.194. The standard InChI is InChI=1S/C14H16FN3O3S/c1-17(13(20)7-18-9-22-8-14(18)21)6-12(19)16-11-4-2-3-10(15)5-11/h2-5H,6-9H2,1H3,(H,16,19). The Bertz CT molecular complexity index is 596. The summed E-state index contributed by atoms with van der Waals surface area (Å²) in [7, 11) is 1.49. The Morgan fingerprint density at radius 3 is 2.86 bits per heavy atom. The molecule has 1 fully saturated rings. The van der Waals surface area contributed by atoms with E-state index in [2.05, 4.69) is 5.32 Å². The summed E-state index contributed by atoms with van der Waals surface area (Å²) in [5.41, 5.74) is 0.331. The Balaban J connectivity index is 1.82. The molecule has 1 aromatic rings. The maximum Gasteiger partial charge on any atom is 0.243 e. The zero-order valence-electron chi connectivity index (χ0n) is 12.0. The van der Waals surface area contributed by atoms with Crippen LogP contribution in [0.2, 0.25) is 0 Å². The second-order valence-corrected chi connectivity index (χ2v) is 5.83. The van der Waals surface area contributed by atoms with E-state index in [1.54, 1.807) is 6.07 Å². The normalized spacial score (nSPS) is 14.1. The van der Waals surface area contributed by atoms with Crippen LogP contribution in [0.3, 0.4) is 0 Å². The van der Waals surface area contributed by atoms with E-state index in [0.717, 1.165) is 0 Å². The van der Waals surface area contributed by atoms with Crippen molar-refractivity contribution in [3.8, 4) is 0 Å². The number of carbonyl (C=O) groups excluding carboxylic acids is 3. The molecule has 1 heterocycles. The molecule has 118 valence electrons. The molecular formula is C14H16FN3O3S. The van der Waals surface area contributed by atoms with Crippen molar-refractivity contribution in [3.05, 3.63) is 30.1 Å². The van der Waals surface area contributed by atoms with Crippen LogP contribution in [0, 0.1) is 5.82 Å². The number of benzene rings is 1. The lowest BCUT2D eigenvalue weighted by atomic mass is 10.3. The molecule has 22 heavy (non-hydrogen) atoms. The lowest BCUT2D eigenvalue weighted by molar-refractivity contribution is -0.138. The number of nitrogens with zero attached hydrogens (tertiary/aromatic N) is 2. The summed E-state index contributed by atoms with van der Waals surface area (Å²) in [6.07, 6.45) is 0. The molecule has 0 saturated carbocycles. The van der Waals surface area contributed by atoms with Crippen molar-refractivity contribution in [1.29, 1.82) is 0 Å². The second-order valence-electron chi connectivity index (χ2n) is 4.88. The van der Waals surface area contributed by atoms with Crippen molar-refractivity contribution < 1.29 is 18.8 Å². The summed E-state index contributed by atoms with van der Waals surface area (Å²) >= 11 is 1.45. The number of hydrogen-bond acceptors (Lipinski definition) is 4. The molecule has 1 aromatic carbocycles. The highest BCUT2D eigenvalue weighted by molar-refractivity contribution is 8.00. The lowest BCUT2D eigenvalue weighted by Crippen LogP contribution is -2.42. The minimum absolute atomic E-state index is 0.0322. The van der Waals surface area contributed by atoms with Gasteiger partial charge in [0.2, 0.25) is 17.7 Å². The Kier molecular flexibility index (Phi) is 5.37. The SMILES string of the molecule is CN(CC(=O)Nc1cccc(F)c1)C(=O)CN1CSCC1=O. The highest BCUT2D eigenvalue weighted by Crippen LogP contribution is 2.14. The van der Waals surface area contributed by atoms with E-state index in [-0.39, 0.29) is 24.9 Å². The average molecular weight is 325 g/mol. The van der Waals surface area contributed by atoms with Crippen molar-refractivity contribution in [2.24, 2.45) is 0 Å². The van der Waals surface area contributed by atoms with Gasteiger partial charge in [-0.25, -0.2) is 4.39 Å². The van der Waals surface area contributed by atoms with Crippen molar-refractivity contribution in [1.82, 2.24) is 9.80 Å². The largest absolute Gasteiger partial charge is 0.335 e. The van der Waals surface area contributed by atoms with Crippen molar-refractivity contribution in [2.45, 2.75) is 0 Å². The zero-order valence-corrected chi connectivity index (χ0v) is 12.9. The van der Waals surface area contributed by atoms with Gasteiger partial charge in [0, 0.05) is 12.7 Å². The van der Waals surface area contributed by atoms with Gasteiger partial charge in [-0.3, -0.25) is 14.4 Å². The quantitative estimate of drug-likeness (QED) is 0.867. The van der Waals surface area contributed by atoms with Gasteiger partial charge in [-0.1, -0.05) is 6.07 Å². The van der Waals surface area contributed by atoms with Crippen LogP contribution in [0.5, 0.6) is 0 Å². The van der Waals surface area contributed by atoms with Crippen LogP contribution in [0.15, 0.2) is 24.3 Å². The van der Waals surface area contributed by atoms with E-state index in [1.165, 1.54) is 46.8 Å². The second kappa shape index (κ2) is 7.26. The number of amides is 3.